The highest BCUT2D eigenvalue weighted by atomic mass is 32.1. The van der Waals surface area contributed by atoms with E-state index in [1.54, 1.807) is 0 Å². The van der Waals surface area contributed by atoms with Crippen LogP contribution in [0.5, 0.6) is 0 Å². The third-order valence-electron chi connectivity index (χ3n) is 9.22. The van der Waals surface area contributed by atoms with Crippen molar-refractivity contribution in [2.75, 3.05) is 5.32 Å². The van der Waals surface area contributed by atoms with Gasteiger partial charge in [0.05, 0.1) is 11.0 Å². The van der Waals surface area contributed by atoms with Crippen molar-refractivity contribution < 1.29 is 0 Å². The third kappa shape index (κ3) is 5.24. The van der Waals surface area contributed by atoms with Crippen molar-refractivity contribution in [3.05, 3.63) is 163 Å². The summed E-state index contributed by atoms with van der Waals surface area (Å²) >= 11 is 4.99. The number of anilines is 1. The van der Waals surface area contributed by atoms with E-state index in [0.717, 1.165) is 45.8 Å². The summed E-state index contributed by atoms with van der Waals surface area (Å²) in [6.45, 7) is 0. The Morgan fingerprint density at radius 2 is 1.27 bits per heavy atom. The molecule has 0 amide bonds. The number of para-hydroxylation sites is 1. The summed E-state index contributed by atoms with van der Waals surface area (Å²) in [7, 11) is 0. The van der Waals surface area contributed by atoms with Crippen LogP contribution in [0.3, 0.4) is 0 Å². The van der Waals surface area contributed by atoms with Crippen LogP contribution >= 0.6 is 12.6 Å². The van der Waals surface area contributed by atoms with Gasteiger partial charge in [-0.3, -0.25) is 0 Å². The topological polar surface area (TPSA) is 17.0 Å². The van der Waals surface area contributed by atoms with E-state index in [2.05, 4.69) is 155 Å². The van der Waals surface area contributed by atoms with Gasteiger partial charge in [0.2, 0.25) is 0 Å². The van der Waals surface area contributed by atoms with Crippen LogP contribution in [0.15, 0.2) is 162 Å². The van der Waals surface area contributed by atoms with Gasteiger partial charge in [-0.15, -0.1) is 12.6 Å². The van der Waals surface area contributed by atoms with E-state index in [1.165, 1.54) is 45.1 Å². The average molecular weight is 599 g/mol. The molecule has 1 aliphatic rings. The Morgan fingerprint density at radius 3 is 2.00 bits per heavy atom. The standard InChI is InChI=1S/C42H34N2S/c45-42-36(31-12-5-2-6-13-31)15-9-16-37(42)32-20-25-35(26-21-32)44-40-17-8-7-14-38(40)39-27-24-34(28-41(39)44)43-33-22-18-30(19-23-33)29-10-3-1-4-11-29/h1-17,20-22,24-28,30,43,45H,18-19,23H2. The minimum absolute atomic E-state index is 0.601. The molecule has 6 aromatic carbocycles. The lowest BCUT2D eigenvalue weighted by Gasteiger charge is -2.23. The van der Waals surface area contributed by atoms with E-state index in [0.29, 0.717) is 5.92 Å². The Morgan fingerprint density at radius 1 is 0.600 bits per heavy atom. The fraction of sp³-hybridized carbons (Fsp3) is 0.0952. The van der Waals surface area contributed by atoms with Gasteiger partial charge in [-0.05, 0) is 83.3 Å². The Kier molecular flexibility index (Phi) is 7.25. The Labute approximate surface area is 270 Å². The molecule has 45 heavy (non-hydrogen) atoms. The lowest BCUT2D eigenvalue weighted by molar-refractivity contribution is 0.601. The number of hydrogen-bond acceptors (Lipinski definition) is 2. The van der Waals surface area contributed by atoms with E-state index in [-0.39, 0.29) is 0 Å². The molecule has 1 atom stereocenters. The summed E-state index contributed by atoms with van der Waals surface area (Å²) in [6.07, 6.45) is 5.69. The molecular formula is C42H34N2S. The van der Waals surface area contributed by atoms with E-state index in [9.17, 15) is 0 Å². The maximum Gasteiger partial charge on any atom is 0.0561 e. The van der Waals surface area contributed by atoms with Gasteiger partial charge in [-0.25, -0.2) is 0 Å². The highest BCUT2D eigenvalue weighted by Crippen LogP contribution is 2.38. The van der Waals surface area contributed by atoms with Gasteiger partial charge < -0.3 is 9.88 Å². The highest BCUT2D eigenvalue weighted by Gasteiger charge is 2.18. The molecule has 1 N–H and O–H groups in total. The second-order valence-electron chi connectivity index (χ2n) is 11.9. The smallest absolute Gasteiger partial charge is 0.0561 e. The van der Waals surface area contributed by atoms with Crippen molar-refractivity contribution >= 4 is 40.1 Å². The molecule has 3 heteroatoms. The lowest BCUT2D eigenvalue weighted by atomic mass is 9.86. The number of benzene rings is 6. The Balaban J connectivity index is 1.13. The largest absolute Gasteiger partial charge is 0.359 e. The maximum atomic E-state index is 4.99. The molecule has 0 bridgehead atoms. The SMILES string of the molecule is Sc1c(-c2ccccc2)cccc1-c1ccc(-n2c3ccccc3c3ccc(NC4=CCC(c5ccccc5)CC4)cc32)cc1. The molecule has 0 saturated heterocycles. The molecule has 1 aliphatic carbocycles. The zero-order chi connectivity index (χ0) is 30.2. The van der Waals surface area contributed by atoms with E-state index >= 15 is 0 Å². The van der Waals surface area contributed by atoms with Gasteiger partial charge in [-0.1, -0.05) is 121 Å². The molecule has 2 nitrogen and oxygen atoms in total. The fourth-order valence-electron chi connectivity index (χ4n) is 6.90. The van der Waals surface area contributed by atoms with Gasteiger partial charge in [0.15, 0.2) is 0 Å². The van der Waals surface area contributed by atoms with Gasteiger partial charge in [0, 0.05) is 32.7 Å². The van der Waals surface area contributed by atoms with Crippen LogP contribution in [0.2, 0.25) is 0 Å². The minimum Gasteiger partial charge on any atom is -0.359 e. The summed E-state index contributed by atoms with van der Waals surface area (Å²) in [5.41, 5.74) is 12.1. The summed E-state index contributed by atoms with van der Waals surface area (Å²) < 4.78 is 2.39. The highest BCUT2D eigenvalue weighted by molar-refractivity contribution is 7.80. The van der Waals surface area contributed by atoms with Crippen molar-refractivity contribution in [3.8, 4) is 27.9 Å². The van der Waals surface area contributed by atoms with Gasteiger partial charge in [-0.2, -0.15) is 0 Å². The number of hydrogen-bond donors (Lipinski definition) is 2. The van der Waals surface area contributed by atoms with E-state index < -0.39 is 0 Å². The first kappa shape index (κ1) is 27.6. The van der Waals surface area contributed by atoms with Crippen molar-refractivity contribution in [3.63, 3.8) is 0 Å². The minimum atomic E-state index is 0.601. The summed E-state index contributed by atoms with van der Waals surface area (Å²) in [4.78, 5) is 0.996. The monoisotopic (exact) mass is 598 g/mol. The number of nitrogens with one attached hydrogen (secondary N) is 1. The number of allylic oxidation sites excluding steroid dienone is 2. The molecule has 0 aliphatic heterocycles. The first-order chi connectivity index (χ1) is 22.2. The molecule has 0 spiro atoms. The first-order valence-electron chi connectivity index (χ1n) is 15.8. The molecule has 0 radical (unpaired) electrons. The first-order valence-corrected chi connectivity index (χ1v) is 16.2. The van der Waals surface area contributed by atoms with Crippen LogP contribution in [0.4, 0.5) is 5.69 Å². The molecule has 1 unspecified atom stereocenters. The van der Waals surface area contributed by atoms with Crippen LogP contribution in [-0.4, -0.2) is 4.57 Å². The number of nitrogens with zero attached hydrogens (tertiary/aromatic N) is 1. The summed E-state index contributed by atoms with van der Waals surface area (Å²) in [5, 5.41) is 6.29. The predicted molar refractivity (Wildman–Crippen MR) is 194 cm³/mol. The summed E-state index contributed by atoms with van der Waals surface area (Å²) in [6, 6.07) is 52.2. The van der Waals surface area contributed by atoms with E-state index in [4.69, 9.17) is 12.6 Å². The van der Waals surface area contributed by atoms with Gasteiger partial charge in [0.25, 0.3) is 0 Å². The number of thiol groups is 1. The molecule has 8 rings (SSSR count). The molecule has 0 fully saturated rings. The van der Waals surface area contributed by atoms with Crippen LogP contribution < -0.4 is 5.32 Å². The van der Waals surface area contributed by atoms with Crippen molar-refractivity contribution in [1.82, 2.24) is 4.57 Å². The lowest BCUT2D eigenvalue weighted by Crippen LogP contribution is -2.09. The quantitative estimate of drug-likeness (QED) is 0.182. The van der Waals surface area contributed by atoms with Crippen LogP contribution in [0.1, 0.15) is 30.7 Å². The van der Waals surface area contributed by atoms with Crippen molar-refractivity contribution in [2.24, 2.45) is 0 Å². The van der Waals surface area contributed by atoms with Crippen LogP contribution in [-0.2, 0) is 0 Å². The van der Waals surface area contributed by atoms with E-state index in [1.807, 2.05) is 6.07 Å². The third-order valence-corrected chi connectivity index (χ3v) is 9.70. The maximum absolute atomic E-state index is 4.99. The van der Waals surface area contributed by atoms with Crippen molar-refractivity contribution in [2.45, 2.75) is 30.1 Å². The van der Waals surface area contributed by atoms with Gasteiger partial charge in [0.1, 0.15) is 0 Å². The average Bonchev–Trinajstić information content (AvgIpc) is 3.43. The van der Waals surface area contributed by atoms with Crippen LogP contribution in [0.25, 0.3) is 49.7 Å². The molecule has 1 aromatic heterocycles. The molecule has 7 aromatic rings. The molecular weight excluding hydrogens is 565 g/mol. The second-order valence-corrected chi connectivity index (χ2v) is 12.4. The molecule has 0 saturated carbocycles. The summed E-state index contributed by atoms with van der Waals surface area (Å²) in [5.74, 6) is 0.601. The molecule has 1 heterocycles. The zero-order valence-electron chi connectivity index (χ0n) is 25.0. The Hall–Kier alpha value is -4.99. The second kappa shape index (κ2) is 11.8. The predicted octanol–water partition coefficient (Wildman–Crippen LogP) is 11.7. The van der Waals surface area contributed by atoms with Crippen LogP contribution in [0, 0.1) is 0 Å². The fourth-order valence-corrected chi connectivity index (χ4v) is 7.31. The number of fused-ring (bicyclic) bond motifs is 3. The van der Waals surface area contributed by atoms with Gasteiger partial charge >= 0.3 is 0 Å². The Bertz CT molecular complexity index is 2160. The zero-order valence-corrected chi connectivity index (χ0v) is 25.9. The number of aromatic nitrogens is 1. The number of rotatable bonds is 6. The molecule has 218 valence electrons. The normalized spacial score (nSPS) is 14.9. The van der Waals surface area contributed by atoms with Crippen molar-refractivity contribution in [1.29, 1.82) is 0 Å².